The number of hydrogen-bond acceptors (Lipinski definition) is 4. The van der Waals surface area contributed by atoms with Crippen molar-refractivity contribution in [2.24, 2.45) is 10.3 Å². The first kappa shape index (κ1) is 21.2. The first-order chi connectivity index (χ1) is 13.8. The van der Waals surface area contributed by atoms with Gasteiger partial charge in [0.2, 0.25) is 0 Å². The van der Waals surface area contributed by atoms with Crippen LogP contribution in [0.1, 0.15) is 41.3 Å². The van der Waals surface area contributed by atoms with E-state index in [1.807, 2.05) is 25.1 Å². The molecule has 3 rings (SSSR count). The Morgan fingerprint density at radius 2 is 1.76 bits per heavy atom. The molecule has 29 heavy (non-hydrogen) atoms. The van der Waals surface area contributed by atoms with Gasteiger partial charge in [-0.1, -0.05) is 18.2 Å². The maximum atomic E-state index is 12.7. The third-order valence-corrected chi connectivity index (χ3v) is 6.71. The summed E-state index contributed by atoms with van der Waals surface area (Å²) in [6.07, 6.45) is 1.79. The number of aryl methyl sites for hydroxylation is 2. The fourth-order valence-electron chi connectivity index (χ4n) is 3.51. The lowest BCUT2D eigenvalue weighted by atomic mass is 9.94. The van der Waals surface area contributed by atoms with Gasteiger partial charge in [0.1, 0.15) is 0 Å². The molecule has 0 aliphatic carbocycles. The zero-order valence-electron chi connectivity index (χ0n) is 17.0. The monoisotopic (exact) mass is 413 g/mol. The van der Waals surface area contributed by atoms with Gasteiger partial charge in [-0.15, -0.1) is 0 Å². The number of carbonyl (C=O) groups is 1. The number of rotatable bonds is 5. The van der Waals surface area contributed by atoms with Crippen LogP contribution in [0.25, 0.3) is 0 Å². The van der Waals surface area contributed by atoms with Crippen molar-refractivity contribution >= 4 is 27.3 Å². The van der Waals surface area contributed by atoms with Crippen LogP contribution in [0.4, 0.5) is 5.69 Å². The van der Waals surface area contributed by atoms with Crippen LogP contribution in [0.2, 0.25) is 0 Å². The zero-order valence-corrected chi connectivity index (χ0v) is 17.8. The molecule has 0 spiro atoms. The van der Waals surface area contributed by atoms with E-state index in [4.69, 9.17) is 0 Å². The standard InChI is InChI=1S/C22H27N3O3S/c1-15-6-4-5-7-20(15)22(26)24-21-9-8-19(14-16(21)2)29(27,28)25-17(3)18-10-12-23-13-11-18/h4-9,14,18,23H,10-13H2,1-3H3,(H,24,26)/b25-17-. The Bertz CT molecular complexity index is 1040. The molecule has 2 aromatic rings. The van der Waals surface area contributed by atoms with E-state index in [1.165, 1.54) is 6.07 Å². The summed E-state index contributed by atoms with van der Waals surface area (Å²) in [7, 11) is -3.78. The molecule has 6 nitrogen and oxygen atoms in total. The van der Waals surface area contributed by atoms with Gasteiger partial charge in [0.15, 0.2) is 0 Å². The predicted octanol–water partition coefficient (Wildman–Crippen LogP) is 3.70. The molecule has 0 atom stereocenters. The molecular formula is C22H27N3O3S. The van der Waals surface area contributed by atoms with E-state index in [1.54, 1.807) is 32.0 Å². The summed E-state index contributed by atoms with van der Waals surface area (Å²) in [5.74, 6) is -0.0265. The highest BCUT2D eigenvalue weighted by molar-refractivity contribution is 7.90. The summed E-state index contributed by atoms with van der Waals surface area (Å²) in [5, 5.41) is 6.13. The quantitative estimate of drug-likeness (QED) is 0.732. The van der Waals surface area contributed by atoms with Crippen molar-refractivity contribution in [3.8, 4) is 0 Å². The van der Waals surface area contributed by atoms with Gasteiger partial charge in [-0.05, 0) is 82.1 Å². The van der Waals surface area contributed by atoms with E-state index in [9.17, 15) is 13.2 Å². The molecule has 1 amide bonds. The number of nitrogens with zero attached hydrogens (tertiary/aromatic N) is 1. The molecule has 0 radical (unpaired) electrons. The normalized spacial score (nSPS) is 15.9. The number of benzene rings is 2. The second-order valence-electron chi connectivity index (χ2n) is 7.48. The minimum absolute atomic E-state index is 0.136. The number of amides is 1. The van der Waals surface area contributed by atoms with Gasteiger partial charge < -0.3 is 10.6 Å². The minimum atomic E-state index is -3.78. The fraction of sp³-hybridized carbons (Fsp3) is 0.364. The lowest BCUT2D eigenvalue weighted by Crippen LogP contribution is -2.31. The number of nitrogens with one attached hydrogen (secondary N) is 2. The van der Waals surface area contributed by atoms with Gasteiger partial charge in [0, 0.05) is 22.9 Å². The van der Waals surface area contributed by atoms with E-state index in [-0.39, 0.29) is 16.7 Å². The minimum Gasteiger partial charge on any atom is -0.322 e. The Morgan fingerprint density at radius 1 is 1.07 bits per heavy atom. The Hall–Kier alpha value is -2.51. The highest BCUT2D eigenvalue weighted by Crippen LogP contribution is 2.23. The summed E-state index contributed by atoms with van der Waals surface area (Å²) in [6.45, 7) is 7.20. The summed E-state index contributed by atoms with van der Waals surface area (Å²) < 4.78 is 29.6. The SMILES string of the molecule is C/C(=N/S(=O)(=O)c1ccc(NC(=O)c2ccccc2C)c(C)c1)C1CCNCC1. The van der Waals surface area contributed by atoms with Crippen LogP contribution in [-0.4, -0.2) is 33.1 Å². The molecule has 7 heteroatoms. The number of hydrogen-bond donors (Lipinski definition) is 2. The van der Waals surface area contributed by atoms with Gasteiger partial charge in [0.25, 0.3) is 15.9 Å². The van der Waals surface area contributed by atoms with Gasteiger partial charge >= 0.3 is 0 Å². The van der Waals surface area contributed by atoms with Crippen molar-refractivity contribution in [3.63, 3.8) is 0 Å². The van der Waals surface area contributed by atoms with Crippen molar-refractivity contribution in [3.05, 3.63) is 59.2 Å². The van der Waals surface area contributed by atoms with Crippen molar-refractivity contribution < 1.29 is 13.2 Å². The molecule has 1 aliphatic heterocycles. The van der Waals surface area contributed by atoms with E-state index in [0.29, 0.717) is 22.5 Å². The molecule has 1 aliphatic rings. The first-order valence-electron chi connectivity index (χ1n) is 9.78. The Labute approximate surface area is 172 Å². The molecule has 0 saturated carbocycles. The fourth-order valence-corrected chi connectivity index (χ4v) is 4.71. The molecule has 2 N–H and O–H groups in total. The number of carbonyl (C=O) groups excluding carboxylic acids is 1. The summed E-state index contributed by atoms with van der Waals surface area (Å²) in [4.78, 5) is 12.7. The summed E-state index contributed by atoms with van der Waals surface area (Å²) in [5.41, 5.74) is 3.37. The molecule has 154 valence electrons. The smallest absolute Gasteiger partial charge is 0.282 e. The lowest BCUT2D eigenvalue weighted by molar-refractivity contribution is 0.102. The van der Waals surface area contributed by atoms with E-state index in [0.717, 1.165) is 31.5 Å². The molecule has 1 fully saturated rings. The van der Waals surface area contributed by atoms with Crippen LogP contribution in [-0.2, 0) is 10.0 Å². The van der Waals surface area contributed by atoms with E-state index < -0.39 is 10.0 Å². The average Bonchev–Trinajstić information content (AvgIpc) is 2.70. The highest BCUT2D eigenvalue weighted by atomic mass is 32.2. The van der Waals surface area contributed by atoms with Gasteiger partial charge in [-0.3, -0.25) is 4.79 Å². The maximum Gasteiger partial charge on any atom is 0.282 e. The summed E-state index contributed by atoms with van der Waals surface area (Å²) in [6, 6.07) is 12.0. The number of sulfonamides is 1. The molecule has 0 aromatic heterocycles. The zero-order chi connectivity index (χ0) is 21.0. The Balaban J connectivity index is 1.79. The number of piperidine rings is 1. The van der Waals surface area contributed by atoms with E-state index in [2.05, 4.69) is 15.0 Å². The highest BCUT2D eigenvalue weighted by Gasteiger charge is 2.21. The molecular weight excluding hydrogens is 386 g/mol. The second kappa shape index (κ2) is 8.88. The molecule has 0 bridgehead atoms. The average molecular weight is 414 g/mol. The maximum absolute atomic E-state index is 12.7. The van der Waals surface area contributed by atoms with Gasteiger partial charge in [-0.25, -0.2) is 0 Å². The third-order valence-electron chi connectivity index (χ3n) is 5.33. The van der Waals surface area contributed by atoms with Crippen LogP contribution >= 0.6 is 0 Å². The summed E-state index contributed by atoms with van der Waals surface area (Å²) >= 11 is 0. The first-order valence-corrected chi connectivity index (χ1v) is 11.2. The van der Waals surface area contributed by atoms with Crippen LogP contribution in [0, 0.1) is 19.8 Å². The Morgan fingerprint density at radius 3 is 2.41 bits per heavy atom. The van der Waals surface area contributed by atoms with Crippen molar-refractivity contribution in [2.75, 3.05) is 18.4 Å². The molecule has 1 saturated heterocycles. The third kappa shape index (κ3) is 5.10. The molecule has 1 heterocycles. The number of anilines is 1. The lowest BCUT2D eigenvalue weighted by Gasteiger charge is -2.22. The van der Waals surface area contributed by atoms with Crippen LogP contribution in [0.15, 0.2) is 51.8 Å². The topological polar surface area (TPSA) is 87.6 Å². The van der Waals surface area contributed by atoms with Crippen LogP contribution < -0.4 is 10.6 Å². The van der Waals surface area contributed by atoms with Gasteiger partial charge in [0.05, 0.1) is 4.90 Å². The predicted molar refractivity (Wildman–Crippen MR) is 116 cm³/mol. The second-order valence-corrected chi connectivity index (χ2v) is 9.08. The molecule has 2 aromatic carbocycles. The van der Waals surface area contributed by atoms with Crippen LogP contribution in [0.5, 0.6) is 0 Å². The largest absolute Gasteiger partial charge is 0.322 e. The van der Waals surface area contributed by atoms with Crippen molar-refractivity contribution in [1.29, 1.82) is 0 Å². The molecule has 0 unspecified atom stereocenters. The Kier molecular flexibility index (Phi) is 6.49. The van der Waals surface area contributed by atoms with Crippen molar-refractivity contribution in [1.82, 2.24) is 5.32 Å². The van der Waals surface area contributed by atoms with E-state index >= 15 is 0 Å². The van der Waals surface area contributed by atoms with Crippen LogP contribution in [0.3, 0.4) is 0 Å². The van der Waals surface area contributed by atoms with Gasteiger partial charge in [-0.2, -0.15) is 12.8 Å². The van der Waals surface area contributed by atoms with Crippen molar-refractivity contribution in [2.45, 2.75) is 38.5 Å².